The number of nitrogens with one attached hydrogen (secondary N) is 1. The Hall–Kier alpha value is -2.17. The van der Waals surface area contributed by atoms with E-state index in [0.29, 0.717) is 30.0 Å². The van der Waals surface area contributed by atoms with Crippen LogP contribution in [-0.4, -0.2) is 22.2 Å². The predicted molar refractivity (Wildman–Crippen MR) is 60.0 cm³/mol. The number of amides is 1. The van der Waals surface area contributed by atoms with Gasteiger partial charge in [-0.3, -0.25) is 9.48 Å². The average molecular weight is 231 g/mol. The van der Waals surface area contributed by atoms with E-state index in [2.05, 4.69) is 10.4 Å². The third-order valence-electron chi connectivity index (χ3n) is 2.74. The van der Waals surface area contributed by atoms with E-state index in [1.807, 2.05) is 0 Å². The molecule has 0 saturated heterocycles. The highest BCUT2D eigenvalue weighted by atomic mass is 19.1. The molecule has 86 valence electrons. The number of carbonyl (C=O) groups excluding carboxylic acids is 1. The number of aromatic nitrogens is 2. The summed E-state index contributed by atoms with van der Waals surface area (Å²) in [5.74, 6) is -0.440. The summed E-state index contributed by atoms with van der Waals surface area (Å²) in [6.07, 6.45) is 0. The largest absolute Gasteiger partial charge is 0.349 e. The molecule has 0 radical (unpaired) electrons. The van der Waals surface area contributed by atoms with E-state index in [4.69, 9.17) is 0 Å². The predicted octanol–water partition coefficient (Wildman–Crippen LogP) is 1.43. The fourth-order valence-electron chi connectivity index (χ4n) is 1.92. The molecule has 0 aliphatic carbocycles. The van der Waals surface area contributed by atoms with E-state index >= 15 is 0 Å². The van der Waals surface area contributed by atoms with E-state index in [-0.39, 0.29) is 11.7 Å². The molecule has 3 rings (SSSR count). The lowest BCUT2D eigenvalue weighted by molar-refractivity contribution is 0.0924. The van der Waals surface area contributed by atoms with Crippen LogP contribution < -0.4 is 5.32 Å². The molecule has 0 bridgehead atoms. The van der Waals surface area contributed by atoms with Crippen LogP contribution >= 0.6 is 0 Å². The Balaban J connectivity index is 2.08. The van der Waals surface area contributed by atoms with Crippen molar-refractivity contribution in [2.45, 2.75) is 6.54 Å². The molecule has 0 saturated carbocycles. The van der Waals surface area contributed by atoms with E-state index in [1.165, 1.54) is 12.1 Å². The molecule has 17 heavy (non-hydrogen) atoms. The van der Waals surface area contributed by atoms with Crippen LogP contribution in [0.3, 0.4) is 0 Å². The van der Waals surface area contributed by atoms with Crippen molar-refractivity contribution in [3.8, 4) is 11.3 Å². The number of hydrogen-bond acceptors (Lipinski definition) is 2. The van der Waals surface area contributed by atoms with E-state index < -0.39 is 0 Å². The van der Waals surface area contributed by atoms with Gasteiger partial charge in [-0.05, 0) is 18.2 Å². The quantitative estimate of drug-likeness (QED) is 0.807. The molecule has 1 aromatic carbocycles. The molecular formula is C12H10FN3O. The van der Waals surface area contributed by atoms with Crippen LogP contribution in [0.2, 0.25) is 0 Å². The number of fused-ring (bicyclic) bond motifs is 1. The summed E-state index contributed by atoms with van der Waals surface area (Å²) in [5.41, 5.74) is 1.83. The van der Waals surface area contributed by atoms with Gasteiger partial charge in [0.15, 0.2) is 0 Å². The van der Waals surface area contributed by atoms with Crippen LogP contribution in [0.15, 0.2) is 30.3 Å². The van der Waals surface area contributed by atoms with Crippen molar-refractivity contribution in [1.82, 2.24) is 15.1 Å². The minimum absolute atomic E-state index is 0.133. The van der Waals surface area contributed by atoms with Gasteiger partial charge in [-0.2, -0.15) is 5.10 Å². The average Bonchev–Trinajstić information content (AvgIpc) is 2.74. The number of halogens is 1. The molecule has 0 atom stereocenters. The van der Waals surface area contributed by atoms with Crippen LogP contribution in [0.4, 0.5) is 4.39 Å². The number of nitrogens with zero attached hydrogens (tertiary/aromatic N) is 2. The summed E-state index contributed by atoms with van der Waals surface area (Å²) in [6, 6.07) is 7.88. The van der Waals surface area contributed by atoms with Gasteiger partial charge in [0, 0.05) is 12.1 Å². The Bertz CT molecular complexity index is 591. The monoisotopic (exact) mass is 231 g/mol. The van der Waals surface area contributed by atoms with Crippen molar-refractivity contribution in [2.75, 3.05) is 6.54 Å². The summed E-state index contributed by atoms with van der Waals surface area (Å²) in [6.45, 7) is 1.23. The van der Waals surface area contributed by atoms with E-state index in [0.717, 1.165) is 0 Å². The summed E-state index contributed by atoms with van der Waals surface area (Å²) in [7, 11) is 0. The lowest BCUT2D eigenvalue weighted by Gasteiger charge is -2.13. The van der Waals surface area contributed by atoms with Gasteiger partial charge in [0.2, 0.25) is 0 Å². The number of carbonyl (C=O) groups is 1. The molecule has 1 N–H and O–H groups in total. The van der Waals surface area contributed by atoms with Crippen LogP contribution in [-0.2, 0) is 6.54 Å². The number of rotatable bonds is 1. The molecule has 5 heteroatoms. The number of benzene rings is 1. The van der Waals surface area contributed by atoms with Gasteiger partial charge in [-0.1, -0.05) is 12.1 Å². The zero-order chi connectivity index (χ0) is 11.8. The van der Waals surface area contributed by atoms with Gasteiger partial charge < -0.3 is 5.32 Å². The maximum atomic E-state index is 13.1. The van der Waals surface area contributed by atoms with Gasteiger partial charge in [-0.15, -0.1) is 0 Å². The minimum Gasteiger partial charge on any atom is -0.349 e. The summed E-state index contributed by atoms with van der Waals surface area (Å²) >= 11 is 0. The van der Waals surface area contributed by atoms with Gasteiger partial charge in [-0.25, -0.2) is 4.39 Å². The molecule has 2 aromatic rings. The Morgan fingerprint density at radius 3 is 3.00 bits per heavy atom. The molecule has 2 heterocycles. The van der Waals surface area contributed by atoms with E-state index in [1.54, 1.807) is 22.9 Å². The lowest BCUT2D eigenvalue weighted by Crippen LogP contribution is -2.35. The van der Waals surface area contributed by atoms with Crippen LogP contribution in [0.5, 0.6) is 0 Å². The standard InChI is InChI=1S/C12H10FN3O/c13-9-3-1-2-8(6-9)10-7-11-12(17)14-4-5-16(11)15-10/h1-3,6-7H,4-5H2,(H,14,17). The highest BCUT2D eigenvalue weighted by Gasteiger charge is 2.19. The first-order valence-electron chi connectivity index (χ1n) is 5.36. The lowest BCUT2D eigenvalue weighted by atomic mass is 10.1. The van der Waals surface area contributed by atoms with Crippen molar-refractivity contribution in [3.63, 3.8) is 0 Å². The Morgan fingerprint density at radius 2 is 2.24 bits per heavy atom. The van der Waals surface area contributed by atoms with Crippen LogP contribution in [0, 0.1) is 5.82 Å². The summed E-state index contributed by atoms with van der Waals surface area (Å²) in [4.78, 5) is 11.6. The SMILES string of the molecule is O=C1NCCn2nc(-c3cccc(F)c3)cc21. The molecule has 0 unspecified atom stereocenters. The van der Waals surface area contributed by atoms with Crippen molar-refractivity contribution < 1.29 is 9.18 Å². The van der Waals surface area contributed by atoms with Crippen molar-refractivity contribution >= 4 is 5.91 Å². The first-order chi connectivity index (χ1) is 8.24. The molecule has 1 aromatic heterocycles. The topological polar surface area (TPSA) is 46.9 Å². The zero-order valence-corrected chi connectivity index (χ0v) is 8.98. The fourth-order valence-corrected chi connectivity index (χ4v) is 1.92. The van der Waals surface area contributed by atoms with Gasteiger partial charge in [0.05, 0.1) is 12.2 Å². The summed E-state index contributed by atoms with van der Waals surface area (Å²) < 4.78 is 14.8. The fraction of sp³-hybridized carbons (Fsp3) is 0.167. The second-order valence-electron chi connectivity index (χ2n) is 3.90. The maximum Gasteiger partial charge on any atom is 0.269 e. The van der Waals surface area contributed by atoms with Gasteiger partial charge in [0.25, 0.3) is 5.91 Å². The van der Waals surface area contributed by atoms with Gasteiger partial charge >= 0.3 is 0 Å². The normalized spacial score (nSPS) is 14.3. The molecule has 1 amide bonds. The Kier molecular flexibility index (Phi) is 2.18. The van der Waals surface area contributed by atoms with Crippen molar-refractivity contribution in [2.24, 2.45) is 0 Å². The molecule has 0 fully saturated rings. The highest BCUT2D eigenvalue weighted by molar-refractivity contribution is 5.94. The Labute approximate surface area is 97.1 Å². The minimum atomic E-state index is -0.307. The molecule has 1 aliphatic heterocycles. The second kappa shape index (κ2) is 3.69. The van der Waals surface area contributed by atoms with Crippen LogP contribution in [0.25, 0.3) is 11.3 Å². The van der Waals surface area contributed by atoms with Crippen molar-refractivity contribution in [3.05, 3.63) is 41.8 Å². The molecule has 0 spiro atoms. The van der Waals surface area contributed by atoms with E-state index in [9.17, 15) is 9.18 Å². The van der Waals surface area contributed by atoms with Crippen LogP contribution in [0.1, 0.15) is 10.5 Å². The molecule has 4 nitrogen and oxygen atoms in total. The zero-order valence-electron chi connectivity index (χ0n) is 8.98. The maximum absolute atomic E-state index is 13.1. The third kappa shape index (κ3) is 1.69. The second-order valence-corrected chi connectivity index (χ2v) is 3.90. The van der Waals surface area contributed by atoms with Gasteiger partial charge in [0.1, 0.15) is 11.5 Å². The number of hydrogen-bond donors (Lipinski definition) is 1. The Morgan fingerprint density at radius 1 is 1.35 bits per heavy atom. The van der Waals surface area contributed by atoms with Crippen molar-refractivity contribution in [1.29, 1.82) is 0 Å². The summed E-state index contributed by atoms with van der Waals surface area (Å²) in [5, 5.41) is 7.04. The molecule has 1 aliphatic rings. The molecular weight excluding hydrogens is 221 g/mol. The first kappa shape index (κ1) is 10.0. The third-order valence-corrected chi connectivity index (χ3v) is 2.74. The highest BCUT2D eigenvalue weighted by Crippen LogP contribution is 2.20. The first-order valence-corrected chi connectivity index (χ1v) is 5.36. The smallest absolute Gasteiger partial charge is 0.269 e.